The molecule has 4 N–H and O–H groups in total. The first-order chi connectivity index (χ1) is 19.5. The highest BCUT2D eigenvalue weighted by Crippen LogP contribution is 2.21. The number of carbonyl (C=O) groups is 2. The fraction of sp³-hybridized carbons (Fsp3) is 0.533. The van der Waals surface area contributed by atoms with E-state index in [4.69, 9.17) is 0 Å². The number of carbonyl (C=O) groups excluding carboxylic acids is 2. The van der Waals surface area contributed by atoms with Crippen LogP contribution in [0.5, 0.6) is 0 Å². The predicted molar refractivity (Wildman–Crippen MR) is 159 cm³/mol. The van der Waals surface area contributed by atoms with E-state index in [0.717, 1.165) is 30.0 Å². The molecule has 3 unspecified atom stereocenters. The maximum atomic E-state index is 13.9. The van der Waals surface area contributed by atoms with Gasteiger partial charge in [-0.25, -0.2) is 17.2 Å². The minimum atomic E-state index is -3.63. The fourth-order valence-electron chi connectivity index (χ4n) is 4.38. The summed E-state index contributed by atoms with van der Waals surface area (Å²) in [5.41, 5.74) is 0.139. The number of halogens is 2. The van der Waals surface area contributed by atoms with Gasteiger partial charge in [0, 0.05) is 25.2 Å². The highest BCUT2D eigenvalue weighted by atomic mass is 32.2. The highest BCUT2D eigenvalue weighted by Gasteiger charge is 2.36. The lowest BCUT2D eigenvalue weighted by atomic mass is 9.85. The predicted octanol–water partition coefficient (Wildman–Crippen LogP) is 2.59. The van der Waals surface area contributed by atoms with Crippen molar-refractivity contribution < 1.29 is 31.9 Å². The minimum Gasteiger partial charge on any atom is -0.390 e. The zero-order chi connectivity index (χ0) is 31.7. The third-order valence-electron chi connectivity index (χ3n) is 6.56. The van der Waals surface area contributed by atoms with Crippen LogP contribution in [0.25, 0.3) is 0 Å². The molecule has 0 aliphatic heterocycles. The molecular weight excluding hydrogens is 566 g/mol. The van der Waals surface area contributed by atoms with Gasteiger partial charge in [0.2, 0.25) is 21.8 Å². The van der Waals surface area contributed by atoms with Crippen LogP contribution in [0.3, 0.4) is 0 Å². The summed E-state index contributed by atoms with van der Waals surface area (Å²) in [5, 5.41) is 19.5. The molecule has 0 aromatic heterocycles. The van der Waals surface area contributed by atoms with E-state index >= 15 is 0 Å². The van der Waals surface area contributed by atoms with Gasteiger partial charge in [-0.05, 0) is 41.5 Å². The molecule has 0 aliphatic rings. The molecule has 0 fully saturated rings. The number of benzene rings is 2. The van der Waals surface area contributed by atoms with Gasteiger partial charge in [0.1, 0.15) is 17.7 Å². The normalized spacial score (nSPS) is 14.5. The second-order valence-corrected chi connectivity index (χ2v) is 14.0. The van der Waals surface area contributed by atoms with E-state index in [9.17, 15) is 31.9 Å². The molecule has 9 nitrogen and oxygen atoms in total. The maximum absolute atomic E-state index is 13.9. The van der Waals surface area contributed by atoms with E-state index in [0.29, 0.717) is 0 Å². The summed E-state index contributed by atoms with van der Waals surface area (Å²) in [4.78, 5) is 26.4. The van der Waals surface area contributed by atoms with Crippen molar-refractivity contribution in [3.05, 3.63) is 71.3 Å². The van der Waals surface area contributed by atoms with Crippen LogP contribution in [0.4, 0.5) is 8.78 Å². The Labute approximate surface area is 248 Å². The molecule has 0 aliphatic carbocycles. The zero-order valence-electron chi connectivity index (χ0n) is 25.2. The summed E-state index contributed by atoms with van der Waals surface area (Å²) in [6.07, 6.45) is 0.0506. The van der Waals surface area contributed by atoms with Gasteiger partial charge in [-0.2, -0.15) is 4.31 Å². The molecule has 3 atom stereocenters. The minimum absolute atomic E-state index is 0.0144. The van der Waals surface area contributed by atoms with Crippen LogP contribution < -0.4 is 16.0 Å². The Kier molecular flexibility index (Phi) is 13.0. The smallest absolute Gasteiger partial charge is 0.243 e. The molecule has 0 saturated carbocycles. The van der Waals surface area contributed by atoms with Crippen molar-refractivity contribution >= 4 is 21.8 Å². The number of nitrogens with one attached hydrogen (secondary N) is 3. The molecule has 2 rings (SSSR count). The summed E-state index contributed by atoms with van der Waals surface area (Å²) in [6.45, 7) is 8.67. The average molecular weight is 611 g/mol. The lowest BCUT2D eigenvalue weighted by molar-refractivity contribution is -0.132. The van der Waals surface area contributed by atoms with E-state index < -0.39 is 57.1 Å². The summed E-state index contributed by atoms with van der Waals surface area (Å²) in [6, 6.07) is 10.3. The van der Waals surface area contributed by atoms with Gasteiger partial charge >= 0.3 is 0 Å². The van der Waals surface area contributed by atoms with E-state index in [-0.39, 0.29) is 44.1 Å². The molecule has 2 amide bonds. The first-order valence-corrected chi connectivity index (χ1v) is 15.7. The molecule has 0 spiro atoms. The monoisotopic (exact) mass is 610 g/mol. The van der Waals surface area contributed by atoms with E-state index in [1.807, 2.05) is 44.2 Å². The summed E-state index contributed by atoms with van der Waals surface area (Å²) in [7, 11) is -3.63. The third-order valence-corrected chi connectivity index (χ3v) is 7.80. The number of sulfonamides is 1. The van der Waals surface area contributed by atoms with Gasteiger partial charge in [0.15, 0.2) is 0 Å². The second-order valence-electron chi connectivity index (χ2n) is 12.1. The number of rotatable bonds is 15. The SMILES string of the molecule is CC(C)CN(CC(O)C(Cc1ccccc1)NC(=O)C(NC(=O)CNCc1cc(F)ccc1F)C(C)(C)C)S(C)(=O)=O. The number of nitrogens with zero attached hydrogens (tertiary/aromatic N) is 1. The van der Waals surface area contributed by atoms with Crippen LogP contribution >= 0.6 is 0 Å². The Morgan fingerprint density at radius 3 is 2.21 bits per heavy atom. The quantitative estimate of drug-likeness (QED) is 0.246. The van der Waals surface area contributed by atoms with Gasteiger partial charge < -0.3 is 21.1 Å². The van der Waals surface area contributed by atoms with Crippen LogP contribution in [-0.2, 0) is 32.6 Å². The number of hydrogen-bond acceptors (Lipinski definition) is 6. The van der Waals surface area contributed by atoms with Gasteiger partial charge in [0.25, 0.3) is 0 Å². The summed E-state index contributed by atoms with van der Waals surface area (Å²) >= 11 is 0. The molecule has 0 bridgehead atoms. The standard InChI is InChI=1S/C30H44F2N4O5S/c1-20(2)18-36(42(6,40)41)19-26(37)25(14-21-10-8-7-9-11-21)34-29(39)28(30(3,4)5)35-27(38)17-33-16-22-15-23(31)12-13-24(22)32/h7-13,15,20,25-26,28,33,37H,14,16-19H2,1-6H3,(H,34,39)(H,35,38). The van der Waals surface area contributed by atoms with Gasteiger partial charge in [-0.15, -0.1) is 0 Å². The average Bonchev–Trinajstić information content (AvgIpc) is 2.87. The molecule has 0 saturated heterocycles. The van der Waals surface area contributed by atoms with Crippen LogP contribution in [0.1, 0.15) is 45.7 Å². The van der Waals surface area contributed by atoms with Crippen LogP contribution in [0.15, 0.2) is 48.5 Å². The third kappa shape index (κ3) is 11.7. The largest absolute Gasteiger partial charge is 0.390 e. The Balaban J connectivity index is 2.18. The number of aliphatic hydroxyl groups is 1. The van der Waals surface area contributed by atoms with Crippen molar-refractivity contribution in [1.82, 2.24) is 20.3 Å². The van der Waals surface area contributed by atoms with Crippen LogP contribution in [0, 0.1) is 23.0 Å². The first kappa shape index (κ1) is 35.3. The lowest BCUT2D eigenvalue weighted by Crippen LogP contribution is -2.59. The molecule has 0 heterocycles. The Morgan fingerprint density at radius 2 is 1.64 bits per heavy atom. The topological polar surface area (TPSA) is 128 Å². The van der Waals surface area contributed by atoms with Crippen molar-refractivity contribution in [1.29, 1.82) is 0 Å². The molecule has 12 heteroatoms. The van der Waals surface area contributed by atoms with Crippen molar-refractivity contribution in [3.8, 4) is 0 Å². The number of aliphatic hydroxyl groups excluding tert-OH is 1. The van der Waals surface area contributed by atoms with Crippen molar-refractivity contribution in [2.75, 3.05) is 25.9 Å². The molecular formula is C30H44F2N4O5S. The lowest BCUT2D eigenvalue weighted by Gasteiger charge is -2.34. The van der Waals surface area contributed by atoms with E-state index in [1.165, 1.54) is 4.31 Å². The second kappa shape index (κ2) is 15.5. The summed E-state index contributed by atoms with van der Waals surface area (Å²) < 4.78 is 53.4. The Hall–Kier alpha value is -2.93. The first-order valence-electron chi connectivity index (χ1n) is 13.9. The Morgan fingerprint density at radius 1 is 1.00 bits per heavy atom. The van der Waals surface area contributed by atoms with Crippen LogP contribution in [0.2, 0.25) is 0 Å². The zero-order valence-corrected chi connectivity index (χ0v) is 26.0. The van der Waals surface area contributed by atoms with E-state index in [2.05, 4.69) is 16.0 Å². The number of amides is 2. The van der Waals surface area contributed by atoms with Crippen molar-refractivity contribution in [2.24, 2.45) is 11.3 Å². The molecule has 234 valence electrons. The Bertz CT molecular complexity index is 1290. The molecule has 0 radical (unpaired) electrons. The molecule has 42 heavy (non-hydrogen) atoms. The van der Waals surface area contributed by atoms with Crippen molar-refractivity contribution in [2.45, 2.75) is 65.8 Å². The summed E-state index contributed by atoms with van der Waals surface area (Å²) in [5.74, 6) is -2.29. The van der Waals surface area contributed by atoms with Gasteiger partial charge in [0.05, 0.1) is 24.9 Å². The van der Waals surface area contributed by atoms with Crippen molar-refractivity contribution in [3.63, 3.8) is 0 Å². The maximum Gasteiger partial charge on any atom is 0.243 e. The molecule has 2 aromatic rings. The van der Waals surface area contributed by atoms with Gasteiger partial charge in [-0.1, -0.05) is 65.0 Å². The van der Waals surface area contributed by atoms with Crippen LogP contribution in [-0.4, -0.2) is 73.7 Å². The number of hydrogen-bond donors (Lipinski definition) is 4. The highest BCUT2D eigenvalue weighted by molar-refractivity contribution is 7.88. The van der Waals surface area contributed by atoms with E-state index in [1.54, 1.807) is 20.8 Å². The molecule has 2 aromatic carbocycles. The fourth-order valence-corrected chi connectivity index (χ4v) is 5.38. The van der Waals surface area contributed by atoms with Gasteiger partial charge in [-0.3, -0.25) is 9.59 Å².